The molecular weight excluding hydrogens is 281 g/mol. The molecule has 0 spiro atoms. The van der Waals surface area contributed by atoms with Crippen LogP contribution in [0.25, 0.3) is 0 Å². The Morgan fingerprint density at radius 2 is 2.18 bits per heavy atom. The fourth-order valence-corrected chi connectivity index (χ4v) is 1.43. The molecule has 0 saturated heterocycles. The first-order valence-electron chi connectivity index (χ1n) is 2.90. The monoisotopic (exact) mass is 286 g/mol. The maximum Gasteiger partial charge on any atom is 0.143 e. The molecule has 0 bridgehead atoms. The highest BCUT2D eigenvalue weighted by Crippen LogP contribution is 2.22. The molecule has 0 aromatic heterocycles. The molecule has 1 nitrogen and oxygen atoms in total. The molecule has 0 aliphatic heterocycles. The molecule has 1 N–H and O–H groups in total. The molecule has 4 heteroatoms. The zero-order valence-corrected chi connectivity index (χ0v) is 8.36. The summed E-state index contributed by atoms with van der Waals surface area (Å²) in [5.41, 5.74) is 0.165. The van der Waals surface area contributed by atoms with Crippen molar-refractivity contribution >= 4 is 34.2 Å². The highest BCUT2D eigenvalue weighted by atomic mass is 127. The first-order valence-corrected chi connectivity index (χ1v) is 4.35. The fraction of sp³-hybridized carbons (Fsp3) is 0.143. The minimum atomic E-state index is -0.430. The van der Waals surface area contributed by atoms with E-state index in [9.17, 15) is 4.39 Å². The van der Waals surface area contributed by atoms with Gasteiger partial charge >= 0.3 is 0 Å². The van der Waals surface area contributed by atoms with Gasteiger partial charge in [-0.3, -0.25) is 0 Å². The number of aliphatic hydroxyl groups excluding tert-OH is 1. The normalized spacial score (nSPS) is 10.2. The van der Waals surface area contributed by atoms with Gasteiger partial charge in [-0.15, -0.1) is 0 Å². The number of rotatable bonds is 1. The maximum absolute atomic E-state index is 13.0. The van der Waals surface area contributed by atoms with Gasteiger partial charge in [0.1, 0.15) is 5.82 Å². The van der Waals surface area contributed by atoms with Gasteiger partial charge in [0.15, 0.2) is 0 Å². The molecule has 0 amide bonds. The Kier molecular flexibility index (Phi) is 3.09. The summed E-state index contributed by atoms with van der Waals surface area (Å²) in [6.07, 6.45) is 0. The van der Waals surface area contributed by atoms with Crippen molar-refractivity contribution in [3.63, 3.8) is 0 Å². The Balaban J connectivity index is 3.29. The van der Waals surface area contributed by atoms with Crippen LogP contribution in [-0.2, 0) is 6.61 Å². The van der Waals surface area contributed by atoms with Crippen LogP contribution in [0.4, 0.5) is 4.39 Å². The van der Waals surface area contributed by atoms with Crippen molar-refractivity contribution in [2.75, 3.05) is 0 Å². The highest BCUT2D eigenvalue weighted by Gasteiger charge is 2.08. The predicted octanol–water partition coefficient (Wildman–Crippen LogP) is 2.58. The lowest BCUT2D eigenvalue weighted by Gasteiger charge is -2.02. The minimum absolute atomic E-state index is 0.165. The standard InChI is InChI=1S/C7H5ClFIO/c8-5-1-2-6(10)7(9)4(5)3-11/h1-2,11H,3H2. The van der Waals surface area contributed by atoms with Crippen LogP contribution in [0, 0.1) is 9.39 Å². The van der Waals surface area contributed by atoms with E-state index < -0.39 is 5.82 Å². The second-order valence-electron chi connectivity index (χ2n) is 1.98. The molecule has 0 unspecified atom stereocenters. The van der Waals surface area contributed by atoms with Crippen LogP contribution in [0.5, 0.6) is 0 Å². The van der Waals surface area contributed by atoms with E-state index in [4.69, 9.17) is 16.7 Å². The Morgan fingerprint density at radius 3 is 2.64 bits per heavy atom. The molecule has 0 aliphatic carbocycles. The van der Waals surface area contributed by atoms with E-state index in [1.165, 1.54) is 0 Å². The van der Waals surface area contributed by atoms with Gasteiger partial charge in [-0.05, 0) is 34.7 Å². The number of halogens is 3. The summed E-state index contributed by atoms with van der Waals surface area (Å²) in [5.74, 6) is -0.430. The van der Waals surface area contributed by atoms with Gasteiger partial charge in [-0.25, -0.2) is 4.39 Å². The summed E-state index contributed by atoms with van der Waals surface area (Å²) in [6.45, 7) is -0.360. The van der Waals surface area contributed by atoms with Crippen molar-refractivity contribution in [3.8, 4) is 0 Å². The van der Waals surface area contributed by atoms with Crippen LogP contribution in [0.15, 0.2) is 12.1 Å². The highest BCUT2D eigenvalue weighted by molar-refractivity contribution is 14.1. The molecule has 11 heavy (non-hydrogen) atoms. The third kappa shape index (κ3) is 1.83. The average Bonchev–Trinajstić information content (AvgIpc) is 1.99. The fourth-order valence-electron chi connectivity index (χ4n) is 0.714. The summed E-state index contributed by atoms with van der Waals surface area (Å²) < 4.78 is 13.5. The molecule has 0 fully saturated rings. The summed E-state index contributed by atoms with van der Waals surface area (Å²) in [5, 5.41) is 8.96. The lowest BCUT2D eigenvalue weighted by atomic mass is 10.2. The molecule has 1 rings (SSSR count). The number of hydrogen-bond acceptors (Lipinski definition) is 1. The second kappa shape index (κ2) is 3.69. The van der Waals surface area contributed by atoms with Crippen molar-refractivity contribution in [1.29, 1.82) is 0 Å². The van der Waals surface area contributed by atoms with Crippen LogP contribution in [0.3, 0.4) is 0 Å². The maximum atomic E-state index is 13.0. The molecule has 60 valence electrons. The third-order valence-electron chi connectivity index (χ3n) is 1.30. The molecule has 0 atom stereocenters. The van der Waals surface area contributed by atoms with E-state index in [2.05, 4.69) is 0 Å². The van der Waals surface area contributed by atoms with Crippen LogP contribution < -0.4 is 0 Å². The first kappa shape index (κ1) is 9.22. The van der Waals surface area contributed by atoms with Crippen molar-refractivity contribution in [2.45, 2.75) is 6.61 Å². The summed E-state index contributed by atoms with van der Waals surface area (Å²) in [6, 6.07) is 3.13. The summed E-state index contributed by atoms with van der Waals surface area (Å²) in [7, 11) is 0. The van der Waals surface area contributed by atoms with E-state index in [0.717, 1.165) is 0 Å². The Morgan fingerprint density at radius 1 is 1.55 bits per heavy atom. The number of aliphatic hydroxyl groups is 1. The predicted molar refractivity (Wildman–Crippen MR) is 50.0 cm³/mol. The minimum Gasteiger partial charge on any atom is -0.392 e. The van der Waals surface area contributed by atoms with E-state index >= 15 is 0 Å². The quantitative estimate of drug-likeness (QED) is 0.621. The van der Waals surface area contributed by atoms with Crippen LogP contribution in [0.2, 0.25) is 5.02 Å². The topological polar surface area (TPSA) is 20.2 Å². The van der Waals surface area contributed by atoms with E-state index in [-0.39, 0.29) is 17.2 Å². The van der Waals surface area contributed by atoms with Gasteiger partial charge in [0, 0.05) is 14.2 Å². The zero-order valence-electron chi connectivity index (χ0n) is 5.44. The van der Waals surface area contributed by atoms with Gasteiger partial charge in [0.2, 0.25) is 0 Å². The zero-order chi connectivity index (χ0) is 8.43. The van der Waals surface area contributed by atoms with Gasteiger partial charge in [0.05, 0.1) is 6.61 Å². The van der Waals surface area contributed by atoms with Crippen molar-refractivity contribution in [3.05, 3.63) is 32.1 Å². The smallest absolute Gasteiger partial charge is 0.143 e. The van der Waals surface area contributed by atoms with Crippen LogP contribution >= 0.6 is 34.2 Å². The SMILES string of the molecule is OCc1c(Cl)ccc(I)c1F. The third-order valence-corrected chi connectivity index (χ3v) is 2.48. The Hall–Kier alpha value is 0.130. The van der Waals surface area contributed by atoms with Crippen LogP contribution in [0.1, 0.15) is 5.56 Å². The summed E-state index contributed by atoms with van der Waals surface area (Å²) >= 11 is 7.44. The molecule has 1 aromatic rings. The number of hydrogen-bond donors (Lipinski definition) is 1. The Bertz CT molecular complexity index is 277. The van der Waals surface area contributed by atoms with Crippen molar-refractivity contribution in [1.82, 2.24) is 0 Å². The molecule has 0 radical (unpaired) electrons. The summed E-state index contributed by atoms with van der Waals surface area (Å²) in [4.78, 5) is 0. The average molecular weight is 286 g/mol. The van der Waals surface area contributed by atoms with Crippen LogP contribution in [-0.4, -0.2) is 5.11 Å². The van der Waals surface area contributed by atoms with Gasteiger partial charge in [-0.2, -0.15) is 0 Å². The van der Waals surface area contributed by atoms with E-state index in [0.29, 0.717) is 3.57 Å². The molecule has 0 heterocycles. The molecule has 0 aliphatic rings. The lowest BCUT2D eigenvalue weighted by molar-refractivity contribution is 0.275. The molecule has 0 saturated carbocycles. The van der Waals surface area contributed by atoms with Gasteiger partial charge < -0.3 is 5.11 Å². The van der Waals surface area contributed by atoms with E-state index in [1.807, 2.05) is 22.6 Å². The van der Waals surface area contributed by atoms with Gasteiger partial charge in [0.25, 0.3) is 0 Å². The largest absolute Gasteiger partial charge is 0.392 e. The second-order valence-corrected chi connectivity index (χ2v) is 3.55. The Labute approximate surface area is 82.3 Å². The van der Waals surface area contributed by atoms with Gasteiger partial charge in [-0.1, -0.05) is 11.6 Å². The number of benzene rings is 1. The van der Waals surface area contributed by atoms with Crippen molar-refractivity contribution in [2.24, 2.45) is 0 Å². The van der Waals surface area contributed by atoms with E-state index in [1.54, 1.807) is 12.1 Å². The first-order chi connectivity index (χ1) is 5.16. The lowest BCUT2D eigenvalue weighted by Crippen LogP contribution is -1.93. The van der Waals surface area contributed by atoms with Crippen molar-refractivity contribution < 1.29 is 9.50 Å². The molecular formula is C7H5ClFIO. The molecule has 1 aromatic carbocycles.